The van der Waals surface area contributed by atoms with Gasteiger partial charge in [0.2, 0.25) is 5.89 Å². The van der Waals surface area contributed by atoms with Crippen molar-refractivity contribution in [1.29, 1.82) is 0 Å². The lowest BCUT2D eigenvalue weighted by atomic mass is 10.1. The Morgan fingerprint density at radius 2 is 2.00 bits per heavy atom. The van der Waals surface area contributed by atoms with Crippen LogP contribution in [-0.2, 0) is 17.8 Å². The first-order valence-corrected chi connectivity index (χ1v) is 7.14. The zero-order valence-corrected chi connectivity index (χ0v) is 11.4. The van der Waals surface area contributed by atoms with E-state index < -0.39 is 0 Å². The van der Waals surface area contributed by atoms with Crippen molar-refractivity contribution in [1.82, 2.24) is 15.6 Å². The summed E-state index contributed by atoms with van der Waals surface area (Å²) in [7, 11) is 0. The highest BCUT2D eigenvalue weighted by molar-refractivity contribution is 5.18. The zero-order valence-electron chi connectivity index (χ0n) is 11.4. The number of nitrogens with zero attached hydrogens (tertiary/aromatic N) is 2. The normalized spacial score (nSPS) is 15.8. The fourth-order valence-corrected chi connectivity index (χ4v) is 2.44. The monoisotopic (exact) mass is 273 g/mol. The van der Waals surface area contributed by atoms with Gasteiger partial charge >= 0.3 is 0 Å². The maximum atomic E-state index is 5.56. The van der Waals surface area contributed by atoms with Crippen LogP contribution in [0.15, 0.2) is 34.9 Å². The summed E-state index contributed by atoms with van der Waals surface area (Å²) in [5.74, 6) is 1.27. The van der Waals surface area contributed by atoms with Crippen LogP contribution in [0.25, 0.3) is 0 Å². The van der Waals surface area contributed by atoms with Crippen molar-refractivity contribution in [3.05, 3.63) is 47.6 Å². The van der Waals surface area contributed by atoms with Gasteiger partial charge in [0.1, 0.15) is 6.54 Å². The first-order chi connectivity index (χ1) is 9.90. The van der Waals surface area contributed by atoms with Gasteiger partial charge in [-0.05, 0) is 18.4 Å². The molecule has 1 aromatic heterocycles. The van der Waals surface area contributed by atoms with E-state index in [0.29, 0.717) is 30.8 Å². The predicted octanol–water partition coefficient (Wildman–Crippen LogP) is 2.62. The van der Waals surface area contributed by atoms with E-state index in [2.05, 4.69) is 27.8 Å². The quantitative estimate of drug-likeness (QED) is 0.820. The van der Waals surface area contributed by atoms with Crippen molar-refractivity contribution in [3.63, 3.8) is 0 Å². The van der Waals surface area contributed by atoms with Crippen molar-refractivity contribution in [2.45, 2.75) is 44.8 Å². The van der Waals surface area contributed by atoms with E-state index >= 15 is 0 Å². The number of aromatic nitrogens is 2. The molecule has 1 N–H and O–H groups in total. The maximum Gasteiger partial charge on any atom is 0.242 e. The molecule has 5 heteroatoms. The van der Waals surface area contributed by atoms with Crippen molar-refractivity contribution >= 4 is 0 Å². The Kier molecular flexibility index (Phi) is 4.40. The highest BCUT2D eigenvalue weighted by Crippen LogP contribution is 2.19. The topological polar surface area (TPSA) is 60.2 Å². The van der Waals surface area contributed by atoms with Gasteiger partial charge in [0.05, 0.1) is 6.10 Å². The van der Waals surface area contributed by atoms with E-state index in [0.717, 1.165) is 12.8 Å². The van der Waals surface area contributed by atoms with Crippen molar-refractivity contribution in [2.75, 3.05) is 0 Å². The van der Waals surface area contributed by atoms with Crippen LogP contribution in [0.2, 0.25) is 0 Å². The van der Waals surface area contributed by atoms with Crippen LogP contribution in [-0.4, -0.2) is 16.2 Å². The van der Waals surface area contributed by atoms with Crippen LogP contribution in [0.1, 0.15) is 43.0 Å². The number of hydrogen-bond donors (Lipinski definition) is 1. The third kappa shape index (κ3) is 3.65. The minimum atomic E-state index is 0.335. The molecule has 0 atom stereocenters. The summed E-state index contributed by atoms with van der Waals surface area (Å²) >= 11 is 0. The average Bonchev–Trinajstić information content (AvgIpc) is 3.12. The van der Waals surface area contributed by atoms with Gasteiger partial charge in [-0.25, -0.2) is 0 Å². The summed E-state index contributed by atoms with van der Waals surface area (Å²) in [6.07, 6.45) is 5.81. The Bertz CT molecular complexity index is 521. The van der Waals surface area contributed by atoms with Crippen molar-refractivity contribution in [2.24, 2.45) is 0 Å². The molecule has 106 valence electrons. The lowest BCUT2D eigenvalue weighted by molar-refractivity contribution is -0.0280. The molecule has 3 rings (SSSR count). The van der Waals surface area contributed by atoms with Gasteiger partial charge in [-0.15, -0.1) is 0 Å². The largest absolute Gasteiger partial charge is 0.338 e. The van der Waals surface area contributed by atoms with Gasteiger partial charge < -0.3 is 4.52 Å². The molecule has 1 aliphatic rings. The van der Waals surface area contributed by atoms with Crippen LogP contribution in [0.4, 0.5) is 0 Å². The van der Waals surface area contributed by atoms with Crippen LogP contribution >= 0.6 is 0 Å². The maximum absolute atomic E-state index is 5.56. The highest BCUT2D eigenvalue weighted by atomic mass is 16.7. The molecule has 0 unspecified atom stereocenters. The number of nitrogens with one attached hydrogen (secondary N) is 1. The van der Waals surface area contributed by atoms with E-state index in [9.17, 15) is 0 Å². The Hall–Kier alpha value is -1.72. The van der Waals surface area contributed by atoms with Crippen molar-refractivity contribution < 1.29 is 9.36 Å². The number of benzene rings is 1. The molecule has 0 amide bonds. The molecule has 1 aliphatic carbocycles. The second-order valence-corrected chi connectivity index (χ2v) is 5.11. The summed E-state index contributed by atoms with van der Waals surface area (Å²) in [6, 6.07) is 10.1. The average molecular weight is 273 g/mol. The SMILES string of the molecule is c1ccc(Cc2noc(CNOC3CCCC3)n2)cc1. The fraction of sp³-hybridized carbons (Fsp3) is 0.467. The summed E-state index contributed by atoms with van der Waals surface area (Å²) in [4.78, 5) is 9.91. The first-order valence-electron chi connectivity index (χ1n) is 7.14. The molecule has 2 aromatic rings. The number of hydrogen-bond acceptors (Lipinski definition) is 5. The Morgan fingerprint density at radius 3 is 2.80 bits per heavy atom. The predicted molar refractivity (Wildman–Crippen MR) is 73.7 cm³/mol. The van der Waals surface area contributed by atoms with Gasteiger partial charge in [0.25, 0.3) is 0 Å². The molecule has 1 saturated carbocycles. The van der Waals surface area contributed by atoms with Gasteiger partial charge in [-0.2, -0.15) is 10.5 Å². The van der Waals surface area contributed by atoms with E-state index in [1.165, 1.54) is 18.4 Å². The van der Waals surface area contributed by atoms with E-state index in [4.69, 9.17) is 9.36 Å². The summed E-state index contributed by atoms with van der Waals surface area (Å²) < 4.78 is 5.20. The number of rotatable bonds is 6. The van der Waals surface area contributed by atoms with Gasteiger partial charge in [-0.3, -0.25) is 4.84 Å². The van der Waals surface area contributed by atoms with E-state index in [1.807, 2.05) is 18.2 Å². The zero-order chi connectivity index (χ0) is 13.6. The molecular weight excluding hydrogens is 254 g/mol. The van der Waals surface area contributed by atoms with Crippen LogP contribution in [0.5, 0.6) is 0 Å². The molecule has 0 aliphatic heterocycles. The third-order valence-corrected chi connectivity index (χ3v) is 3.49. The summed E-state index contributed by atoms with van der Waals surface area (Å²) in [6.45, 7) is 0.457. The summed E-state index contributed by atoms with van der Waals surface area (Å²) in [5.41, 5.74) is 4.10. The lowest BCUT2D eigenvalue weighted by Gasteiger charge is -2.09. The van der Waals surface area contributed by atoms with E-state index in [1.54, 1.807) is 0 Å². The minimum absolute atomic E-state index is 0.335. The Balaban J connectivity index is 1.46. The molecule has 0 bridgehead atoms. The van der Waals surface area contributed by atoms with Gasteiger partial charge in [-0.1, -0.05) is 48.3 Å². The third-order valence-electron chi connectivity index (χ3n) is 3.49. The molecule has 20 heavy (non-hydrogen) atoms. The van der Waals surface area contributed by atoms with Crippen LogP contribution < -0.4 is 5.48 Å². The van der Waals surface area contributed by atoms with Gasteiger partial charge in [0, 0.05) is 6.42 Å². The molecule has 1 fully saturated rings. The number of hydroxylamine groups is 1. The van der Waals surface area contributed by atoms with E-state index in [-0.39, 0.29) is 0 Å². The van der Waals surface area contributed by atoms with Crippen LogP contribution in [0.3, 0.4) is 0 Å². The van der Waals surface area contributed by atoms with Gasteiger partial charge in [0.15, 0.2) is 5.82 Å². The minimum Gasteiger partial charge on any atom is -0.338 e. The Morgan fingerprint density at radius 1 is 1.20 bits per heavy atom. The fourth-order valence-electron chi connectivity index (χ4n) is 2.44. The summed E-state index contributed by atoms with van der Waals surface area (Å²) in [5, 5.41) is 3.98. The molecule has 0 spiro atoms. The molecular formula is C15H19N3O2. The van der Waals surface area contributed by atoms with Crippen molar-refractivity contribution in [3.8, 4) is 0 Å². The standard InChI is InChI=1S/C15H19N3O2/c1-2-6-12(7-3-1)10-14-17-15(20-18-14)11-16-19-13-8-4-5-9-13/h1-3,6-7,13,16H,4-5,8-11H2. The molecule has 1 aromatic carbocycles. The Labute approximate surface area is 118 Å². The first kappa shape index (κ1) is 13.3. The van der Waals surface area contributed by atoms with Crippen LogP contribution in [0, 0.1) is 0 Å². The second-order valence-electron chi connectivity index (χ2n) is 5.11. The molecule has 1 heterocycles. The lowest BCUT2D eigenvalue weighted by Crippen LogP contribution is -2.21. The molecule has 0 saturated heterocycles. The smallest absolute Gasteiger partial charge is 0.242 e. The molecule has 5 nitrogen and oxygen atoms in total. The highest BCUT2D eigenvalue weighted by Gasteiger charge is 2.16. The second kappa shape index (κ2) is 6.63. The molecule has 0 radical (unpaired) electrons.